The minimum Gasteiger partial charge on any atom is -0.346 e. The lowest BCUT2D eigenvalue weighted by Crippen LogP contribution is -2.35. The molecule has 0 saturated heterocycles. The lowest BCUT2D eigenvalue weighted by atomic mass is 9.91. The van der Waals surface area contributed by atoms with Crippen molar-refractivity contribution in [1.29, 1.82) is 0 Å². The van der Waals surface area contributed by atoms with Gasteiger partial charge in [-0.2, -0.15) is 0 Å². The van der Waals surface area contributed by atoms with E-state index in [9.17, 15) is 0 Å². The molecule has 63 heavy (non-hydrogen) atoms. The zero-order valence-corrected chi connectivity index (χ0v) is 34.4. The fraction of sp³-hybridized carbons (Fsp3) is 0.0517. The quantitative estimate of drug-likeness (QED) is 0.179. The molecule has 2 unspecified atom stereocenters. The topological polar surface area (TPSA) is 39.2 Å². The van der Waals surface area contributed by atoms with E-state index in [2.05, 4.69) is 237 Å². The molecular weight excluding hydrogens is 767 g/mol. The fourth-order valence-electron chi connectivity index (χ4n) is 10.3. The van der Waals surface area contributed by atoms with Gasteiger partial charge < -0.3 is 14.5 Å². The molecular formula is C58H41N5. The van der Waals surface area contributed by atoms with Crippen LogP contribution < -0.4 is 5.32 Å². The summed E-state index contributed by atoms with van der Waals surface area (Å²) in [5.41, 5.74) is 12.9. The Morgan fingerprint density at radius 2 is 1.02 bits per heavy atom. The van der Waals surface area contributed by atoms with Crippen molar-refractivity contribution < 1.29 is 0 Å². The van der Waals surface area contributed by atoms with E-state index in [1.807, 2.05) is 0 Å². The van der Waals surface area contributed by atoms with Crippen molar-refractivity contribution in [2.24, 2.45) is 4.99 Å². The molecule has 5 nitrogen and oxygen atoms in total. The predicted molar refractivity (Wildman–Crippen MR) is 264 cm³/mol. The summed E-state index contributed by atoms with van der Waals surface area (Å²) in [4.78, 5) is 5.50. The number of aromatic nitrogens is 3. The van der Waals surface area contributed by atoms with Gasteiger partial charge in [0.1, 0.15) is 17.8 Å². The van der Waals surface area contributed by atoms with Crippen LogP contribution in [0, 0.1) is 0 Å². The first-order valence-electron chi connectivity index (χ1n) is 21.9. The molecule has 13 rings (SSSR count). The van der Waals surface area contributed by atoms with Crippen LogP contribution >= 0.6 is 0 Å². The second-order valence-electron chi connectivity index (χ2n) is 16.8. The summed E-state index contributed by atoms with van der Waals surface area (Å²) in [6.07, 6.45) is 12.0. The van der Waals surface area contributed by atoms with Gasteiger partial charge in [0.05, 0.1) is 33.1 Å². The Balaban J connectivity index is 1.04. The molecule has 0 fully saturated rings. The Bertz CT molecular complexity index is 3690. The summed E-state index contributed by atoms with van der Waals surface area (Å²) >= 11 is 0. The summed E-state index contributed by atoms with van der Waals surface area (Å²) < 4.78 is 7.24. The summed E-state index contributed by atoms with van der Waals surface area (Å²) in [5, 5.41) is 11.3. The van der Waals surface area contributed by atoms with Gasteiger partial charge in [-0.1, -0.05) is 152 Å². The van der Waals surface area contributed by atoms with Crippen LogP contribution in [0.4, 0.5) is 0 Å². The van der Waals surface area contributed by atoms with Gasteiger partial charge in [-0.15, -0.1) is 0 Å². The van der Waals surface area contributed by atoms with Crippen molar-refractivity contribution in [2.45, 2.75) is 18.5 Å². The molecule has 4 heterocycles. The van der Waals surface area contributed by atoms with E-state index in [4.69, 9.17) is 4.99 Å². The molecule has 5 heteroatoms. The maximum absolute atomic E-state index is 5.50. The average Bonchev–Trinajstić information content (AvgIpc) is 3.99. The zero-order chi connectivity index (χ0) is 41.4. The monoisotopic (exact) mass is 807 g/mol. The van der Waals surface area contributed by atoms with Crippen molar-refractivity contribution in [1.82, 2.24) is 19.0 Å². The van der Waals surface area contributed by atoms with Crippen LogP contribution in [0.15, 0.2) is 223 Å². The van der Waals surface area contributed by atoms with E-state index >= 15 is 0 Å². The second-order valence-corrected chi connectivity index (χ2v) is 16.8. The largest absolute Gasteiger partial charge is 0.346 e. The van der Waals surface area contributed by atoms with Gasteiger partial charge in [-0.05, 0) is 83.8 Å². The second kappa shape index (κ2) is 14.2. The smallest absolute Gasteiger partial charge is 0.139 e. The number of benzene rings is 8. The Labute approximate surface area is 364 Å². The molecule has 0 radical (unpaired) electrons. The van der Waals surface area contributed by atoms with Crippen LogP contribution in [0.3, 0.4) is 0 Å². The zero-order valence-electron chi connectivity index (χ0n) is 34.4. The SMILES string of the molecule is C1=CCC(c2ccc3c(c2)c2cc(-c4ccccc4)ccc2n3C2C=C(n3c4ccccc4c4cc(-n5c6ccccc6c6ccccc65)ccc43)N=C(c3ccccc3)N2)C=C1. The van der Waals surface area contributed by atoms with Gasteiger partial charge >= 0.3 is 0 Å². The van der Waals surface area contributed by atoms with E-state index in [-0.39, 0.29) is 6.17 Å². The van der Waals surface area contributed by atoms with Crippen LogP contribution in [0.5, 0.6) is 0 Å². The van der Waals surface area contributed by atoms with Crippen LogP contribution in [0.1, 0.15) is 29.6 Å². The molecule has 1 aliphatic carbocycles. The third-order valence-corrected chi connectivity index (χ3v) is 13.2. The Morgan fingerprint density at radius 3 is 1.71 bits per heavy atom. The van der Waals surface area contributed by atoms with Crippen molar-refractivity contribution in [2.75, 3.05) is 0 Å². The lowest BCUT2D eigenvalue weighted by Gasteiger charge is -2.27. The third-order valence-electron chi connectivity index (χ3n) is 13.2. The normalized spacial score (nSPS) is 16.4. The number of hydrogen-bond acceptors (Lipinski definition) is 2. The standard InChI is InChI=1S/C58H41N5/c1-4-16-38(17-5-1)41-28-31-53-47(34-41)48-35-42(39-18-6-2-7-19-39)29-32-54(48)63(53)57-37-56(59-58(60-57)40-20-8-3-9-21-40)62-52-27-15-12-24-46(52)49-36-43(30-33-55(49)62)61-50-25-13-10-22-44(50)45-23-11-14-26-51(45)61/h1-18,20-37,39,57H,19H2,(H,59,60). The van der Waals surface area contributed by atoms with Gasteiger partial charge in [0.2, 0.25) is 0 Å². The molecule has 1 N–H and O–H groups in total. The summed E-state index contributed by atoms with van der Waals surface area (Å²) in [6.45, 7) is 0. The van der Waals surface area contributed by atoms with Gasteiger partial charge in [-0.3, -0.25) is 4.57 Å². The molecule has 11 aromatic rings. The van der Waals surface area contributed by atoms with E-state index < -0.39 is 0 Å². The van der Waals surface area contributed by atoms with Gasteiger partial charge in [0.25, 0.3) is 0 Å². The molecule has 298 valence electrons. The van der Waals surface area contributed by atoms with Crippen LogP contribution in [-0.2, 0) is 0 Å². The highest BCUT2D eigenvalue weighted by molar-refractivity contribution is 6.14. The highest BCUT2D eigenvalue weighted by atomic mass is 15.3. The van der Waals surface area contributed by atoms with Crippen molar-refractivity contribution in [3.8, 4) is 16.8 Å². The predicted octanol–water partition coefficient (Wildman–Crippen LogP) is 14.3. The Hall–Kier alpha value is -8.15. The molecule has 2 aliphatic rings. The maximum atomic E-state index is 5.50. The molecule has 0 saturated carbocycles. The number of para-hydroxylation sites is 3. The van der Waals surface area contributed by atoms with Crippen LogP contribution in [0.25, 0.3) is 88.1 Å². The first kappa shape index (κ1) is 35.6. The summed E-state index contributed by atoms with van der Waals surface area (Å²) in [5.74, 6) is 2.05. The minimum absolute atomic E-state index is 0.258. The van der Waals surface area contributed by atoms with Gasteiger partial charge in [0.15, 0.2) is 0 Å². The highest BCUT2D eigenvalue weighted by Gasteiger charge is 2.26. The van der Waals surface area contributed by atoms with Crippen molar-refractivity contribution >= 4 is 77.1 Å². The highest BCUT2D eigenvalue weighted by Crippen LogP contribution is 2.41. The molecule has 8 aromatic carbocycles. The van der Waals surface area contributed by atoms with Gasteiger partial charge in [-0.25, -0.2) is 4.99 Å². The van der Waals surface area contributed by atoms with Gasteiger partial charge in [0, 0.05) is 55.6 Å². The molecule has 0 spiro atoms. The van der Waals surface area contributed by atoms with E-state index in [1.54, 1.807) is 0 Å². The number of hydrogen-bond donors (Lipinski definition) is 1. The first-order chi connectivity index (χ1) is 31.2. The molecule has 0 amide bonds. The summed E-state index contributed by atoms with van der Waals surface area (Å²) in [6, 6.07) is 68.4. The lowest BCUT2D eigenvalue weighted by molar-refractivity contribution is 0.597. The van der Waals surface area contributed by atoms with Crippen molar-refractivity contribution in [3.05, 3.63) is 230 Å². The molecule has 2 atom stereocenters. The molecule has 0 bridgehead atoms. The van der Waals surface area contributed by atoms with E-state index in [1.165, 1.54) is 71.1 Å². The number of aliphatic imine (C=N–C) groups is 1. The number of rotatable bonds is 6. The maximum Gasteiger partial charge on any atom is 0.139 e. The van der Waals surface area contributed by atoms with Crippen LogP contribution in [-0.4, -0.2) is 19.5 Å². The fourth-order valence-corrected chi connectivity index (χ4v) is 10.3. The third kappa shape index (κ3) is 5.67. The number of amidine groups is 1. The first-order valence-corrected chi connectivity index (χ1v) is 21.9. The Kier molecular flexibility index (Phi) is 8.03. The average molecular weight is 808 g/mol. The van der Waals surface area contributed by atoms with Crippen LogP contribution in [0.2, 0.25) is 0 Å². The molecule has 3 aromatic heterocycles. The number of nitrogens with zero attached hydrogens (tertiary/aromatic N) is 4. The number of nitrogens with one attached hydrogen (secondary N) is 1. The van der Waals surface area contributed by atoms with E-state index in [0.29, 0.717) is 5.92 Å². The van der Waals surface area contributed by atoms with E-state index in [0.717, 1.165) is 40.4 Å². The van der Waals surface area contributed by atoms with Crippen molar-refractivity contribution in [3.63, 3.8) is 0 Å². The Morgan fingerprint density at radius 1 is 0.444 bits per heavy atom. The number of fused-ring (bicyclic) bond motifs is 9. The molecule has 1 aliphatic heterocycles. The minimum atomic E-state index is -0.258. The number of allylic oxidation sites excluding steroid dienone is 4. The summed E-state index contributed by atoms with van der Waals surface area (Å²) in [7, 11) is 0.